The fourth-order valence-corrected chi connectivity index (χ4v) is 2.24. The molecule has 0 heterocycles. The van der Waals surface area contributed by atoms with Crippen LogP contribution in [0.1, 0.15) is 33.3 Å². The van der Waals surface area contributed by atoms with Crippen LogP contribution in [0.3, 0.4) is 0 Å². The van der Waals surface area contributed by atoms with E-state index in [1.807, 2.05) is 19.9 Å². The van der Waals surface area contributed by atoms with Crippen molar-refractivity contribution in [3.05, 3.63) is 23.8 Å². The number of rotatable bonds is 9. The van der Waals surface area contributed by atoms with Crippen LogP contribution in [0.25, 0.3) is 0 Å². The van der Waals surface area contributed by atoms with Gasteiger partial charge in [0.15, 0.2) is 0 Å². The van der Waals surface area contributed by atoms with Crippen LogP contribution in [-0.4, -0.2) is 55.6 Å². The van der Waals surface area contributed by atoms with Gasteiger partial charge in [0.1, 0.15) is 5.75 Å². The van der Waals surface area contributed by atoms with Gasteiger partial charge in [0.05, 0.1) is 13.2 Å². The number of benzene rings is 1. The van der Waals surface area contributed by atoms with E-state index in [0.29, 0.717) is 5.56 Å². The third-order valence-corrected chi connectivity index (χ3v) is 3.53. The van der Waals surface area contributed by atoms with Gasteiger partial charge in [0.25, 0.3) is 0 Å². The molecular weight excluding hydrogens is 324 g/mol. The molecule has 0 fully saturated rings. The molecule has 0 unspecified atom stereocenters. The first-order valence-electron chi connectivity index (χ1n) is 8.42. The number of carbonyl (C=O) groups excluding carboxylic acids is 2. The number of phenolic OH excluding ortho intramolecular Hbond substituents is 1. The van der Waals surface area contributed by atoms with E-state index in [2.05, 4.69) is 9.89 Å². The highest BCUT2D eigenvalue weighted by Crippen LogP contribution is 2.23. The Kier molecular flexibility index (Phi) is 8.46. The zero-order valence-electron chi connectivity index (χ0n) is 15.2. The summed E-state index contributed by atoms with van der Waals surface area (Å²) in [6.45, 7) is 9.23. The molecule has 1 aromatic carbocycles. The van der Waals surface area contributed by atoms with Gasteiger partial charge in [-0.25, -0.2) is 9.59 Å². The van der Waals surface area contributed by atoms with Crippen LogP contribution in [0.2, 0.25) is 0 Å². The van der Waals surface area contributed by atoms with Gasteiger partial charge >= 0.3 is 11.9 Å². The minimum Gasteiger partial charge on any atom is -0.507 e. The van der Waals surface area contributed by atoms with E-state index in [1.54, 1.807) is 26.0 Å². The molecule has 0 atom stereocenters. The zero-order valence-corrected chi connectivity index (χ0v) is 15.2. The van der Waals surface area contributed by atoms with Gasteiger partial charge in [0, 0.05) is 36.6 Å². The number of aromatic hydroxyl groups is 1. The lowest BCUT2D eigenvalue weighted by Crippen LogP contribution is -2.32. The maximum atomic E-state index is 11.9. The molecule has 0 bridgehead atoms. The van der Waals surface area contributed by atoms with Crippen LogP contribution < -0.4 is 4.90 Å². The average molecular weight is 350 g/mol. The molecule has 1 N–H and O–H groups in total. The average Bonchev–Trinajstić information content (AvgIpc) is 2.58. The standard InChI is InChI=1S/C18H26N2O5/c1-5-20(6-2)14-10-9-13(15(21)11-14)12-19-16(17(22)24-7-3)18(23)25-8-4/h9-12,16,21H,5-8H2,1-4H3/b19-12+. The van der Waals surface area contributed by atoms with Gasteiger partial charge < -0.3 is 19.5 Å². The van der Waals surface area contributed by atoms with Crippen LogP contribution >= 0.6 is 0 Å². The predicted molar refractivity (Wildman–Crippen MR) is 96.3 cm³/mol. The van der Waals surface area contributed by atoms with Crippen LogP contribution in [0, 0.1) is 0 Å². The minimum absolute atomic E-state index is 0.0135. The number of hydrogen-bond donors (Lipinski definition) is 1. The monoisotopic (exact) mass is 350 g/mol. The zero-order chi connectivity index (χ0) is 18.8. The maximum absolute atomic E-state index is 11.9. The summed E-state index contributed by atoms with van der Waals surface area (Å²) >= 11 is 0. The van der Waals surface area contributed by atoms with Crippen molar-refractivity contribution in [1.82, 2.24) is 0 Å². The predicted octanol–water partition coefficient (Wildman–Crippen LogP) is 2.15. The number of ether oxygens (including phenoxy) is 2. The number of nitrogens with zero attached hydrogens (tertiary/aromatic N) is 2. The Morgan fingerprint density at radius 1 is 1.12 bits per heavy atom. The molecule has 0 aromatic heterocycles. The lowest BCUT2D eigenvalue weighted by Gasteiger charge is -2.21. The molecule has 1 rings (SSSR count). The number of aliphatic imine (C=N–C) groups is 1. The summed E-state index contributed by atoms with van der Waals surface area (Å²) in [7, 11) is 0. The first kappa shape index (κ1) is 20.5. The Bertz CT molecular complexity index is 593. The summed E-state index contributed by atoms with van der Waals surface area (Å²) in [4.78, 5) is 29.8. The van der Waals surface area contributed by atoms with Crippen molar-refractivity contribution in [2.24, 2.45) is 4.99 Å². The Balaban J connectivity index is 3.02. The van der Waals surface area contributed by atoms with Crippen molar-refractivity contribution in [3.8, 4) is 5.75 Å². The molecular formula is C18H26N2O5. The topological polar surface area (TPSA) is 88.4 Å². The molecule has 7 heteroatoms. The minimum atomic E-state index is -1.40. The first-order chi connectivity index (χ1) is 12.0. The third kappa shape index (κ3) is 5.77. The lowest BCUT2D eigenvalue weighted by atomic mass is 10.1. The van der Waals surface area contributed by atoms with Crippen molar-refractivity contribution in [2.75, 3.05) is 31.2 Å². The van der Waals surface area contributed by atoms with Gasteiger partial charge in [-0.05, 0) is 39.8 Å². The fourth-order valence-electron chi connectivity index (χ4n) is 2.24. The molecule has 7 nitrogen and oxygen atoms in total. The van der Waals surface area contributed by atoms with E-state index in [1.165, 1.54) is 6.21 Å². The second-order valence-corrected chi connectivity index (χ2v) is 5.10. The Labute approximate surface area is 148 Å². The van der Waals surface area contributed by atoms with Crippen molar-refractivity contribution in [3.63, 3.8) is 0 Å². The summed E-state index contributed by atoms with van der Waals surface area (Å²) in [5.41, 5.74) is 1.28. The van der Waals surface area contributed by atoms with Crippen LogP contribution in [-0.2, 0) is 19.1 Å². The Morgan fingerprint density at radius 3 is 2.12 bits per heavy atom. The van der Waals surface area contributed by atoms with Gasteiger partial charge in [0.2, 0.25) is 6.04 Å². The van der Waals surface area contributed by atoms with Crippen LogP contribution in [0.5, 0.6) is 5.75 Å². The molecule has 0 aliphatic rings. The number of hydrogen-bond acceptors (Lipinski definition) is 7. The maximum Gasteiger partial charge on any atom is 0.342 e. The van der Waals surface area contributed by atoms with E-state index in [-0.39, 0.29) is 19.0 Å². The molecule has 138 valence electrons. The molecule has 0 aliphatic heterocycles. The Morgan fingerprint density at radius 2 is 1.68 bits per heavy atom. The summed E-state index contributed by atoms with van der Waals surface area (Å²) in [5.74, 6) is -1.55. The van der Waals surface area contributed by atoms with Gasteiger partial charge in [-0.2, -0.15) is 0 Å². The number of anilines is 1. The molecule has 0 radical (unpaired) electrons. The molecule has 25 heavy (non-hydrogen) atoms. The quantitative estimate of drug-likeness (QED) is 0.417. The molecule has 0 aliphatic carbocycles. The second kappa shape index (κ2) is 10.3. The van der Waals surface area contributed by atoms with E-state index in [4.69, 9.17) is 9.47 Å². The molecule has 0 saturated heterocycles. The highest BCUT2D eigenvalue weighted by Gasteiger charge is 2.28. The summed E-state index contributed by atoms with van der Waals surface area (Å²) in [5, 5.41) is 10.2. The van der Waals surface area contributed by atoms with E-state index in [9.17, 15) is 14.7 Å². The summed E-state index contributed by atoms with van der Waals surface area (Å²) < 4.78 is 9.69. The summed E-state index contributed by atoms with van der Waals surface area (Å²) in [6, 6.07) is 3.75. The van der Waals surface area contributed by atoms with Crippen molar-refractivity contribution in [2.45, 2.75) is 33.7 Å². The molecule has 0 saturated carbocycles. The number of carbonyl (C=O) groups is 2. The Hall–Kier alpha value is -2.57. The van der Waals surface area contributed by atoms with E-state index >= 15 is 0 Å². The van der Waals surface area contributed by atoms with E-state index < -0.39 is 18.0 Å². The largest absolute Gasteiger partial charge is 0.507 e. The lowest BCUT2D eigenvalue weighted by molar-refractivity contribution is -0.156. The van der Waals surface area contributed by atoms with Crippen LogP contribution in [0.15, 0.2) is 23.2 Å². The number of esters is 2. The van der Waals surface area contributed by atoms with Crippen molar-refractivity contribution in [1.29, 1.82) is 0 Å². The SMILES string of the molecule is CCOC(=O)C(/N=C/c1ccc(N(CC)CC)cc1O)C(=O)OCC. The first-order valence-corrected chi connectivity index (χ1v) is 8.42. The van der Waals surface area contributed by atoms with Crippen LogP contribution in [0.4, 0.5) is 5.69 Å². The third-order valence-electron chi connectivity index (χ3n) is 3.53. The highest BCUT2D eigenvalue weighted by atomic mass is 16.6. The summed E-state index contributed by atoms with van der Waals surface area (Å²) in [6.07, 6.45) is 1.28. The van der Waals surface area contributed by atoms with Crippen molar-refractivity contribution < 1.29 is 24.2 Å². The smallest absolute Gasteiger partial charge is 0.342 e. The van der Waals surface area contributed by atoms with Gasteiger partial charge in [-0.15, -0.1) is 0 Å². The van der Waals surface area contributed by atoms with Crippen molar-refractivity contribution >= 4 is 23.8 Å². The molecule has 1 aromatic rings. The normalized spacial score (nSPS) is 10.9. The molecule has 0 spiro atoms. The number of phenols is 1. The van der Waals surface area contributed by atoms with E-state index in [0.717, 1.165) is 18.8 Å². The molecule has 0 amide bonds. The second-order valence-electron chi connectivity index (χ2n) is 5.10. The fraction of sp³-hybridized carbons (Fsp3) is 0.500. The highest BCUT2D eigenvalue weighted by molar-refractivity contribution is 6.01. The van der Waals surface area contributed by atoms with Gasteiger partial charge in [-0.3, -0.25) is 4.99 Å². The van der Waals surface area contributed by atoms with Gasteiger partial charge in [-0.1, -0.05) is 0 Å².